The third-order valence-electron chi connectivity index (χ3n) is 4.94. The molecule has 3 aromatic heterocycles. The molecule has 4 rings (SSSR count). The number of sulfonamides is 1. The number of imidazole rings is 1. The highest BCUT2D eigenvalue weighted by Gasteiger charge is 2.31. The molecule has 1 N–H and O–H groups in total. The van der Waals surface area contributed by atoms with Crippen molar-refractivity contribution in [1.29, 1.82) is 0 Å². The van der Waals surface area contributed by atoms with E-state index in [0.29, 0.717) is 31.7 Å². The lowest BCUT2D eigenvalue weighted by Crippen LogP contribution is -2.38. The zero-order valence-electron chi connectivity index (χ0n) is 15.9. The molecule has 1 aliphatic rings. The van der Waals surface area contributed by atoms with E-state index in [9.17, 15) is 12.8 Å². The smallest absolute Gasteiger partial charge is 0.262 e. The quantitative estimate of drug-likeness (QED) is 0.687. The Kier molecular flexibility index (Phi) is 5.29. The van der Waals surface area contributed by atoms with Crippen LogP contribution in [-0.2, 0) is 17.1 Å². The molecule has 0 unspecified atom stereocenters. The van der Waals surface area contributed by atoms with Crippen LogP contribution in [0.4, 0.5) is 15.9 Å². The molecule has 1 saturated heterocycles. The minimum atomic E-state index is -3.55. The Morgan fingerprint density at radius 3 is 2.45 bits per heavy atom. The number of rotatable bonds is 5. The molecule has 0 atom stereocenters. The maximum absolute atomic E-state index is 12.9. The fourth-order valence-corrected chi connectivity index (χ4v) is 4.80. The number of anilines is 2. The number of nitrogens with one attached hydrogen (secondary N) is 1. The summed E-state index contributed by atoms with van der Waals surface area (Å²) in [5, 5.41) is 3.16. The molecular formula is C19H21FN6O2S. The number of aromatic nitrogens is 4. The van der Waals surface area contributed by atoms with Gasteiger partial charge in [-0.25, -0.2) is 22.8 Å². The highest BCUT2D eigenvalue weighted by molar-refractivity contribution is 7.89. The largest absolute Gasteiger partial charge is 0.339 e. The van der Waals surface area contributed by atoms with E-state index in [1.54, 1.807) is 23.9 Å². The lowest BCUT2D eigenvalue weighted by Gasteiger charge is -2.30. The van der Waals surface area contributed by atoms with Crippen molar-refractivity contribution < 1.29 is 12.8 Å². The van der Waals surface area contributed by atoms with Gasteiger partial charge in [0.15, 0.2) is 5.03 Å². The zero-order chi connectivity index (χ0) is 20.4. The second-order valence-corrected chi connectivity index (χ2v) is 8.90. The van der Waals surface area contributed by atoms with Crippen LogP contribution in [0.1, 0.15) is 24.5 Å². The second kappa shape index (κ2) is 7.88. The summed E-state index contributed by atoms with van der Waals surface area (Å²) in [5.74, 6) is 0.345. The van der Waals surface area contributed by atoms with E-state index in [1.165, 1.54) is 22.9 Å². The molecule has 0 bridgehead atoms. The van der Waals surface area contributed by atoms with Gasteiger partial charge in [-0.05, 0) is 37.1 Å². The van der Waals surface area contributed by atoms with Crippen molar-refractivity contribution in [3.05, 3.63) is 60.7 Å². The Morgan fingerprint density at radius 1 is 1.07 bits per heavy atom. The van der Waals surface area contributed by atoms with Gasteiger partial charge in [0, 0.05) is 37.9 Å². The molecule has 10 heteroatoms. The highest BCUT2D eigenvalue weighted by atomic mass is 32.2. The van der Waals surface area contributed by atoms with Gasteiger partial charge in [-0.2, -0.15) is 4.31 Å². The predicted octanol–water partition coefficient (Wildman–Crippen LogP) is 2.66. The predicted molar refractivity (Wildman–Crippen MR) is 106 cm³/mol. The maximum atomic E-state index is 12.9. The fraction of sp³-hybridized carbons (Fsp3) is 0.316. The SMILES string of the molecule is Cn1cnc(S(=O)(=O)N2CCC(c3ccc(Nc4ccc(F)cn4)cn3)CC2)c1. The average Bonchev–Trinajstić information content (AvgIpc) is 3.18. The lowest BCUT2D eigenvalue weighted by atomic mass is 9.94. The molecule has 0 aromatic carbocycles. The number of hydrogen-bond acceptors (Lipinski definition) is 6. The molecule has 0 amide bonds. The van der Waals surface area contributed by atoms with Gasteiger partial charge in [0.1, 0.15) is 11.6 Å². The summed E-state index contributed by atoms with van der Waals surface area (Å²) in [5.41, 5.74) is 1.68. The molecule has 4 heterocycles. The fourth-order valence-electron chi connectivity index (χ4n) is 3.36. The Hall–Kier alpha value is -2.85. The van der Waals surface area contributed by atoms with Crippen LogP contribution in [-0.4, -0.2) is 45.3 Å². The van der Waals surface area contributed by atoms with Crippen molar-refractivity contribution >= 4 is 21.5 Å². The van der Waals surface area contributed by atoms with Crippen LogP contribution in [0.25, 0.3) is 0 Å². The molecule has 29 heavy (non-hydrogen) atoms. The van der Waals surface area contributed by atoms with Crippen molar-refractivity contribution in [3.8, 4) is 0 Å². The van der Waals surface area contributed by atoms with Gasteiger partial charge in [-0.1, -0.05) is 0 Å². The first-order valence-electron chi connectivity index (χ1n) is 9.24. The number of nitrogens with zero attached hydrogens (tertiary/aromatic N) is 5. The molecule has 0 radical (unpaired) electrons. The summed E-state index contributed by atoms with van der Waals surface area (Å²) in [6.45, 7) is 0.871. The number of aryl methyl sites for hydroxylation is 1. The summed E-state index contributed by atoms with van der Waals surface area (Å²) in [4.78, 5) is 12.5. The molecule has 8 nitrogen and oxygen atoms in total. The minimum absolute atomic E-state index is 0.0846. The van der Waals surface area contributed by atoms with Crippen LogP contribution in [0.3, 0.4) is 0 Å². The van der Waals surface area contributed by atoms with E-state index in [1.807, 2.05) is 12.1 Å². The Bertz CT molecular complexity index is 1070. The van der Waals surface area contributed by atoms with Crippen LogP contribution in [0.2, 0.25) is 0 Å². The van der Waals surface area contributed by atoms with Gasteiger partial charge in [0.2, 0.25) is 0 Å². The molecular weight excluding hydrogens is 395 g/mol. The monoisotopic (exact) mass is 416 g/mol. The lowest BCUT2D eigenvalue weighted by molar-refractivity contribution is 0.316. The van der Waals surface area contributed by atoms with E-state index in [4.69, 9.17) is 0 Å². The van der Waals surface area contributed by atoms with E-state index < -0.39 is 10.0 Å². The first-order valence-corrected chi connectivity index (χ1v) is 10.7. The van der Waals surface area contributed by atoms with E-state index in [-0.39, 0.29) is 16.8 Å². The van der Waals surface area contributed by atoms with Crippen LogP contribution < -0.4 is 5.32 Å². The highest BCUT2D eigenvalue weighted by Crippen LogP contribution is 2.30. The molecule has 3 aromatic rings. The first-order chi connectivity index (χ1) is 13.9. The third-order valence-corrected chi connectivity index (χ3v) is 6.73. The van der Waals surface area contributed by atoms with Crippen molar-refractivity contribution in [3.63, 3.8) is 0 Å². The molecule has 0 spiro atoms. The third kappa shape index (κ3) is 4.28. The molecule has 152 valence electrons. The number of halogens is 1. The van der Waals surface area contributed by atoms with Crippen LogP contribution >= 0.6 is 0 Å². The van der Waals surface area contributed by atoms with Crippen molar-refractivity contribution in [2.75, 3.05) is 18.4 Å². The molecule has 0 aliphatic carbocycles. The van der Waals surface area contributed by atoms with Gasteiger partial charge in [0.05, 0.1) is 24.4 Å². The summed E-state index contributed by atoms with van der Waals surface area (Å²) >= 11 is 0. The second-order valence-electron chi connectivity index (χ2n) is 7.01. The van der Waals surface area contributed by atoms with Gasteiger partial charge in [-0.15, -0.1) is 0 Å². The van der Waals surface area contributed by atoms with Gasteiger partial charge in [0.25, 0.3) is 10.0 Å². The number of piperidine rings is 1. The summed E-state index contributed by atoms with van der Waals surface area (Å²) in [6, 6.07) is 6.72. The molecule has 1 aliphatic heterocycles. The van der Waals surface area contributed by atoms with E-state index in [2.05, 4.69) is 20.3 Å². The topological polar surface area (TPSA) is 93.0 Å². The van der Waals surface area contributed by atoms with Crippen LogP contribution in [0.5, 0.6) is 0 Å². The van der Waals surface area contributed by atoms with Crippen molar-refractivity contribution in [2.45, 2.75) is 23.8 Å². The van der Waals surface area contributed by atoms with Gasteiger partial charge >= 0.3 is 0 Å². The van der Waals surface area contributed by atoms with Crippen molar-refractivity contribution in [2.24, 2.45) is 7.05 Å². The Morgan fingerprint density at radius 2 is 1.86 bits per heavy atom. The van der Waals surface area contributed by atoms with Crippen molar-refractivity contribution in [1.82, 2.24) is 23.8 Å². The molecule has 1 fully saturated rings. The average molecular weight is 416 g/mol. The normalized spacial score (nSPS) is 16.1. The zero-order valence-corrected chi connectivity index (χ0v) is 16.7. The van der Waals surface area contributed by atoms with E-state index in [0.717, 1.165) is 17.6 Å². The summed E-state index contributed by atoms with van der Waals surface area (Å²) in [7, 11) is -1.81. The van der Waals surface area contributed by atoms with Crippen LogP contribution in [0.15, 0.2) is 54.2 Å². The summed E-state index contributed by atoms with van der Waals surface area (Å²) in [6.07, 6.45) is 7.26. The van der Waals surface area contributed by atoms with E-state index >= 15 is 0 Å². The maximum Gasteiger partial charge on any atom is 0.262 e. The number of pyridine rings is 2. The summed E-state index contributed by atoms with van der Waals surface area (Å²) < 4.78 is 41.4. The number of hydrogen-bond donors (Lipinski definition) is 1. The van der Waals surface area contributed by atoms with Crippen LogP contribution in [0, 0.1) is 5.82 Å². The Labute approximate surface area is 168 Å². The Balaban J connectivity index is 1.38. The van der Waals surface area contributed by atoms with Gasteiger partial charge in [-0.3, -0.25) is 4.98 Å². The van der Waals surface area contributed by atoms with Gasteiger partial charge < -0.3 is 9.88 Å². The minimum Gasteiger partial charge on any atom is -0.339 e. The molecule has 0 saturated carbocycles. The first kappa shape index (κ1) is 19.5. The standard InChI is InChI=1S/C19H21FN6O2S/c1-25-12-19(23-13-25)29(27,28)26-8-6-14(7-9-26)17-4-3-16(11-21-17)24-18-5-2-15(20)10-22-18/h2-5,10-14H,6-9H2,1H3,(H,22,24).